The zero-order valence-electron chi connectivity index (χ0n) is 13.9. The molecule has 0 spiro atoms. The molecule has 2 rings (SSSR count). The molecule has 1 aliphatic rings. The van der Waals surface area contributed by atoms with E-state index in [1.165, 1.54) is 0 Å². The van der Waals surface area contributed by atoms with Crippen LogP contribution in [-0.4, -0.2) is 47.6 Å². The third-order valence-electron chi connectivity index (χ3n) is 4.43. The number of carboxylic acids is 1. The summed E-state index contributed by atoms with van der Waals surface area (Å²) in [5.41, 5.74) is 0.910. The molecule has 0 saturated carbocycles. The van der Waals surface area contributed by atoms with E-state index in [1.807, 2.05) is 40.1 Å². The fourth-order valence-corrected chi connectivity index (χ4v) is 3.23. The van der Waals surface area contributed by atoms with Crippen LogP contribution in [0.5, 0.6) is 0 Å². The fourth-order valence-electron chi connectivity index (χ4n) is 3.23. The highest BCUT2D eigenvalue weighted by Crippen LogP contribution is 2.21. The lowest BCUT2D eigenvalue weighted by Gasteiger charge is -2.31. The number of anilines is 1. The van der Waals surface area contributed by atoms with Crippen LogP contribution in [0.4, 0.5) is 5.69 Å². The number of aliphatic carboxylic acids is 1. The van der Waals surface area contributed by atoms with Gasteiger partial charge in [0.1, 0.15) is 0 Å². The molecule has 0 aromatic heterocycles. The van der Waals surface area contributed by atoms with Crippen molar-refractivity contribution in [2.45, 2.75) is 39.2 Å². The number of nitrogens with zero attached hydrogens (tertiary/aromatic N) is 2. The van der Waals surface area contributed by atoms with Crippen molar-refractivity contribution >= 4 is 17.6 Å². The molecule has 1 amide bonds. The minimum Gasteiger partial charge on any atom is -0.481 e. The molecule has 1 aromatic carbocycles. The highest BCUT2D eigenvalue weighted by Gasteiger charge is 2.31. The largest absolute Gasteiger partial charge is 0.481 e. The van der Waals surface area contributed by atoms with Crippen LogP contribution >= 0.6 is 0 Å². The first-order chi connectivity index (χ1) is 11.0. The number of amides is 1. The van der Waals surface area contributed by atoms with Crippen LogP contribution in [0.15, 0.2) is 30.3 Å². The molecule has 23 heavy (non-hydrogen) atoms. The van der Waals surface area contributed by atoms with Crippen molar-refractivity contribution < 1.29 is 14.7 Å². The molecule has 1 fully saturated rings. The summed E-state index contributed by atoms with van der Waals surface area (Å²) >= 11 is 0. The number of hydrogen-bond acceptors (Lipinski definition) is 3. The maximum absolute atomic E-state index is 12.8. The van der Waals surface area contributed by atoms with Crippen molar-refractivity contribution in [3.05, 3.63) is 30.3 Å². The van der Waals surface area contributed by atoms with Gasteiger partial charge in [-0.05, 0) is 38.4 Å². The number of carbonyl (C=O) groups is 2. The molecule has 1 saturated heterocycles. The van der Waals surface area contributed by atoms with Gasteiger partial charge in [0, 0.05) is 18.3 Å². The first-order valence-electron chi connectivity index (χ1n) is 8.35. The van der Waals surface area contributed by atoms with E-state index < -0.39 is 5.97 Å². The number of rotatable bonds is 7. The molecule has 5 heteroatoms. The molecule has 0 bridgehead atoms. The summed E-state index contributed by atoms with van der Waals surface area (Å²) in [5.74, 6) is -1.07. The van der Waals surface area contributed by atoms with Crippen molar-refractivity contribution in [1.82, 2.24) is 4.90 Å². The zero-order valence-corrected chi connectivity index (χ0v) is 13.9. The topological polar surface area (TPSA) is 60.9 Å². The Morgan fingerprint density at radius 2 is 2.04 bits per heavy atom. The lowest BCUT2D eigenvalue weighted by molar-refractivity contribution is -0.141. The first-order valence-corrected chi connectivity index (χ1v) is 8.35. The molecule has 0 radical (unpaired) electrons. The molecule has 0 aliphatic carbocycles. The molecular formula is C18H26N2O3. The minimum absolute atomic E-state index is 0.0446. The van der Waals surface area contributed by atoms with Crippen molar-refractivity contribution in [1.29, 1.82) is 0 Å². The first kappa shape index (κ1) is 17.5. The van der Waals surface area contributed by atoms with E-state index in [4.69, 9.17) is 5.11 Å². The van der Waals surface area contributed by atoms with Gasteiger partial charge < -0.3 is 10.0 Å². The number of benzene rings is 1. The van der Waals surface area contributed by atoms with Gasteiger partial charge >= 0.3 is 5.97 Å². The molecule has 5 nitrogen and oxygen atoms in total. The summed E-state index contributed by atoms with van der Waals surface area (Å²) in [6, 6.07) is 9.85. The predicted molar refractivity (Wildman–Crippen MR) is 90.5 cm³/mol. The molecule has 1 aliphatic heterocycles. The average molecular weight is 318 g/mol. The van der Waals surface area contributed by atoms with Crippen LogP contribution in [0.1, 0.15) is 33.1 Å². The van der Waals surface area contributed by atoms with Gasteiger partial charge in [0.15, 0.2) is 0 Å². The van der Waals surface area contributed by atoms with Gasteiger partial charge in [-0.1, -0.05) is 31.5 Å². The minimum atomic E-state index is -0.765. The van der Waals surface area contributed by atoms with Crippen LogP contribution in [0.2, 0.25) is 0 Å². The summed E-state index contributed by atoms with van der Waals surface area (Å²) in [6.07, 6.45) is 2.58. The SMILES string of the molecule is CCCC(C)N(C(=O)CN1CCC(C(=O)O)C1)c1ccccc1. The van der Waals surface area contributed by atoms with Crippen LogP contribution < -0.4 is 4.90 Å². The summed E-state index contributed by atoms with van der Waals surface area (Å²) in [7, 11) is 0. The normalized spacial score (nSPS) is 19.5. The van der Waals surface area contributed by atoms with Crippen LogP contribution in [0.25, 0.3) is 0 Å². The van der Waals surface area contributed by atoms with E-state index in [1.54, 1.807) is 0 Å². The molecule has 1 heterocycles. The maximum Gasteiger partial charge on any atom is 0.307 e. The van der Waals surface area contributed by atoms with E-state index in [0.717, 1.165) is 18.5 Å². The third kappa shape index (κ3) is 4.55. The Balaban J connectivity index is 2.07. The molecule has 2 unspecified atom stereocenters. The fraction of sp³-hybridized carbons (Fsp3) is 0.556. The smallest absolute Gasteiger partial charge is 0.307 e. The average Bonchev–Trinajstić information content (AvgIpc) is 2.97. The van der Waals surface area contributed by atoms with Gasteiger partial charge in [-0.3, -0.25) is 14.5 Å². The van der Waals surface area contributed by atoms with Gasteiger partial charge in [-0.25, -0.2) is 0 Å². The third-order valence-corrected chi connectivity index (χ3v) is 4.43. The molecule has 1 N–H and O–H groups in total. The standard InChI is InChI=1S/C18H26N2O3/c1-3-7-14(2)20(16-8-5-4-6-9-16)17(21)13-19-11-10-15(12-19)18(22)23/h4-6,8-9,14-15H,3,7,10-13H2,1-2H3,(H,22,23). The second-order valence-corrected chi connectivity index (χ2v) is 6.30. The molecule has 1 aromatic rings. The van der Waals surface area contributed by atoms with E-state index in [9.17, 15) is 9.59 Å². The van der Waals surface area contributed by atoms with Crippen molar-refractivity contribution in [3.63, 3.8) is 0 Å². The van der Waals surface area contributed by atoms with Crippen molar-refractivity contribution in [3.8, 4) is 0 Å². The van der Waals surface area contributed by atoms with Gasteiger partial charge in [0.2, 0.25) is 5.91 Å². The number of para-hydroxylation sites is 1. The zero-order chi connectivity index (χ0) is 16.8. The van der Waals surface area contributed by atoms with E-state index >= 15 is 0 Å². The Kier molecular flexibility index (Phi) is 6.16. The highest BCUT2D eigenvalue weighted by molar-refractivity contribution is 5.95. The van der Waals surface area contributed by atoms with Gasteiger partial charge in [0.25, 0.3) is 0 Å². The second-order valence-electron chi connectivity index (χ2n) is 6.30. The summed E-state index contributed by atoms with van der Waals surface area (Å²) in [5, 5.41) is 9.09. The Morgan fingerprint density at radius 1 is 1.35 bits per heavy atom. The number of hydrogen-bond donors (Lipinski definition) is 1. The highest BCUT2D eigenvalue weighted by atomic mass is 16.4. The van der Waals surface area contributed by atoms with E-state index in [-0.39, 0.29) is 24.4 Å². The molecule has 126 valence electrons. The van der Waals surface area contributed by atoms with Gasteiger partial charge in [0.05, 0.1) is 12.5 Å². The monoisotopic (exact) mass is 318 g/mol. The number of carboxylic acid groups (broad SMARTS) is 1. The van der Waals surface area contributed by atoms with Crippen molar-refractivity contribution in [2.75, 3.05) is 24.5 Å². The number of carbonyl (C=O) groups excluding carboxylic acids is 1. The van der Waals surface area contributed by atoms with Crippen LogP contribution in [0.3, 0.4) is 0 Å². The van der Waals surface area contributed by atoms with Gasteiger partial charge in [-0.15, -0.1) is 0 Å². The molecular weight excluding hydrogens is 292 g/mol. The van der Waals surface area contributed by atoms with Crippen LogP contribution in [0, 0.1) is 5.92 Å². The number of likely N-dealkylation sites (tertiary alicyclic amines) is 1. The second kappa shape index (κ2) is 8.11. The lowest BCUT2D eigenvalue weighted by Crippen LogP contribution is -2.44. The Bertz CT molecular complexity index is 532. The summed E-state index contributed by atoms with van der Waals surface area (Å²) in [4.78, 5) is 27.7. The Morgan fingerprint density at radius 3 is 2.61 bits per heavy atom. The van der Waals surface area contributed by atoms with E-state index in [0.29, 0.717) is 19.5 Å². The van der Waals surface area contributed by atoms with Crippen molar-refractivity contribution in [2.24, 2.45) is 5.92 Å². The lowest BCUT2D eigenvalue weighted by atomic mass is 10.1. The summed E-state index contributed by atoms with van der Waals surface area (Å²) in [6.45, 7) is 5.60. The quantitative estimate of drug-likeness (QED) is 0.839. The summed E-state index contributed by atoms with van der Waals surface area (Å²) < 4.78 is 0. The Hall–Kier alpha value is -1.88. The van der Waals surface area contributed by atoms with Crippen LogP contribution in [-0.2, 0) is 9.59 Å². The Labute approximate surface area is 137 Å². The molecule has 2 atom stereocenters. The predicted octanol–water partition coefficient (Wildman–Crippen LogP) is 2.61. The maximum atomic E-state index is 12.8. The van der Waals surface area contributed by atoms with Gasteiger partial charge in [-0.2, -0.15) is 0 Å². The van der Waals surface area contributed by atoms with E-state index in [2.05, 4.69) is 13.8 Å².